The minimum atomic E-state index is -0.470. The fourth-order valence-electron chi connectivity index (χ4n) is 2.10. The van der Waals surface area contributed by atoms with Crippen LogP contribution in [0.1, 0.15) is 30.7 Å². The van der Waals surface area contributed by atoms with Crippen LogP contribution in [0.15, 0.2) is 18.2 Å². The van der Waals surface area contributed by atoms with Crippen molar-refractivity contribution in [1.29, 1.82) is 0 Å². The summed E-state index contributed by atoms with van der Waals surface area (Å²) in [5.41, 5.74) is 0.171. The predicted molar refractivity (Wildman–Crippen MR) is 52.6 cm³/mol. The van der Waals surface area contributed by atoms with Crippen molar-refractivity contribution in [1.82, 2.24) is 0 Å². The number of hydrogen-bond acceptors (Lipinski definition) is 0. The maximum Gasteiger partial charge on any atom is 0.129 e. The topological polar surface area (TPSA) is 0 Å². The lowest BCUT2D eigenvalue weighted by atomic mass is 9.96. The van der Waals surface area contributed by atoms with Gasteiger partial charge >= 0.3 is 0 Å². The number of hydrogen-bond donors (Lipinski definition) is 0. The molecule has 0 radical (unpaired) electrons. The van der Waals surface area contributed by atoms with Gasteiger partial charge in [-0.2, -0.15) is 0 Å². The van der Waals surface area contributed by atoms with Crippen molar-refractivity contribution < 1.29 is 8.78 Å². The van der Waals surface area contributed by atoms with Crippen molar-refractivity contribution in [2.75, 3.05) is 0 Å². The highest BCUT2D eigenvalue weighted by atomic mass is 35.5. The monoisotopic (exact) mass is 216 g/mol. The lowest BCUT2D eigenvalue weighted by Gasteiger charge is -2.15. The number of benzene rings is 1. The summed E-state index contributed by atoms with van der Waals surface area (Å²) in [6.45, 7) is 0. The quantitative estimate of drug-likeness (QED) is 0.626. The molecule has 2 rings (SSSR count). The number of alkyl halides is 1. The molecule has 0 bridgehead atoms. The Hall–Kier alpha value is -0.630. The average molecular weight is 217 g/mol. The second-order valence-corrected chi connectivity index (χ2v) is 4.25. The van der Waals surface area contributed by atoms with Crippen LogP contribution in [-0.4, -0.2) is 5.38 Å². The van der Waals surface area contributed by atoms with Crippen LogP contribution in [0, 0.1) is 11.6 Å². The average Bonchev–Trinajstić information content (AvgIpc) is 2.52. The molecule has 2 unspecified atom stereocenters. The first-order valence-electron chi connectivity index (χ1n) is 4.78. The predicted octanol–water partition coefficient (Wildman–Crippen LogP) is 3.84. The van der Waals surface area contributed by atoms with Gasteiger partial charge in [-0.1, -0.05) is 12.5 Å². The fraction of sp³-hybridized carbons (Fsp3) is 0.455. The van der Waals surface area contributed by atoms with E-state index in [1.807, 2.05) is 0 Å². The number of halogens is 3. The van der Waals surface area contributed by atoms with E-state index in [0.717, 1.165) is 19.3 Å². The van der Waals surface area contributed by atoms with Gasteiger partial charge in [-0.25, -0.2) is 8.78 Å². The summed E-state index contributed by atoms with van der Waals surface area (Å²) in [4.78, 5) is 0. The van der Waals surface area contributed by atoms with Gasteiger partial charge in [0.2, 0.25) is 0 Å². The van der Waals surface area contributed by atoms with Gasteiger partial charge in [0.25, 0.3) is 0 Å². The molecule has 14 heavy (non-hydrogen) atoms. The third-order valence-corrected chi connectivity index (χ3v) is 3.32. The van der Waals surface area contributed by atoms with Crippen LogP contribution in [0.25, 0.3) is 0 Å². The molecule has 2 atom stereocenters. The maximum atomic E-state index is 13.4. The highest BCUT2D eigenvalue weighted by Gasteiger charge is 2.30. The summed E-state index contributed by atoms with van der Waals surface area (Å²) in [7, 11) is 0. The van der Waals surface area contributed by atoms with Gasteiger partial charge in [0, 0.05) is 16.9 Å². The largest absolute Gasteiger partial charge is 0.207 e. The Kier molecular flexibility index (Phi) is 2.73. The smallest absolute Gasteiger partial charge is 0.129 e. The summed E-state index contributed by atoms with van der Waals surface area (Å²) in [5, 5.41) is -0.124. The first-order chi connectivity index (χ1) is 6.70. The molecular formula is C11H11ClF2. The molecule has 0 aliphatic heterocycles. The Labute approximate surface area is 86.9 Å². The van der Waals surface area contributed by atoms with E-state index in [9.17, 15) is 8.78 Å². The number of rotatable bonds is 1. The van der Waals surface area contributed by atoms with E-state index in [1.54, 1.807) is 0 Å². The Bertz CT molecular complexity index is 318. The van der Waals surface area contributed by atoms with E-state index in [0.29, 0.717) is 0 Å². The highest BCUT2D eigenvalue weighted by Crippen LogP contribution is 2.40. The Morgan fingerprint density at radius 1 is 1.14 bits per heavy atom. The molecule has 1 fully saturated rings. The molecule has 0 amide bonds. The SMILES string of the molecule is Fc1cccc(F)c1C1CCCC1Cl. The zero-order chi connectivity index (χ0) is 10.1. The van der Waals surface area contributed by atoms with Gasteiger partial charge in [-0.15, -0.1) is 11.6 Å². The van der Waals surface area contributed by atoms with Crippen molar-refractivity contribution >= 4 is 11.6 Å². The second-order valence-electron chi connectivity index (χ2n) is 3.69. The molecule has 0 saturated heterocycles. The van der Waals surface area contributed by atoms with Crippen LogP contribution in [0.4, 0.5) is 8.78 Å². The van der Waals surface area contributed by atoms with Crippen molar-refractivity contribution in [3.63, 3.8) is 0 Å². The fourth-order valence-corrected chi connectivity index (χ4v) is 2.51. The molecule has 0 spiro atoms. The van der Waals surface area contributed by atoms with Crippen molar-refractivity contribution in [3.05, 3.63) is 35.4 Å². The first kappa shape index (κ1) is 9.91. The molecule has 1 aliphatic rings. The normalized spacial score (nSPS) is 26.8. The van der Waals surface area contributed by atoms with Crippen molar-refractivity contribution in [2.24, 2.45) is 0 Å². The van der Waals surface area contributed by atoms with Crippen LogP contribution >= 0.6 is 11.6 Å². The summed E-state index contributed by atoms with van der Waals surface area (Å²) in [6.07, 6.45) is 2.58. The molecule has 1 aromatic rings. The van der Waals surface area contributed by atoms with E-state index < -0.39 is 11.6 Å². The Balaban J connectivity index is 2.39. The van der Waals surface area contributed by atoms with E-state index in [-0.39, 0.29) is 16.9 Å². The zero-order valence-electron chi connectivity index (χ0n) is 7.64. The van der Waals surface area contributed by atoms with Gasteiger partial charge < -0.3 is 0 Å². The highest BCUT2D eigenvalue weighted by molar-refractivity contribution is 6.21. The molecule has 0 nitrogen and oxygen atoms in total. The first-order valence-corrected chi connectivity index (χ1v) is 5.22. The molecule has 0 aromatic heterocycles. The van der Waals surface area contributed by atoms with Crippen LogP contribution < -0.4 is 0 Å². The van der Waals surface area contributed by atoms with Gasteiger partial charge in [0.15, 0.2) is 0 Å². The van der Waals surface area contributed by atoms with Crippen molar-refractivity contribution in [3.8, 4) is 0 Å². The third-order valence-electron chi connectivity index (χ3n) is 2.80. The lowest BCUT2D eigenvalue weighted by Crippen LogP contribution is -2.09. The van der Waals surface area contributed by atoms with Gasteiger partial charge in [-0.05, 0) is 25.0 Å². The molecule has 3 heteroatoms. The molecule has 1 aromatic carbocycles. The zero-order valence-corrected chi connectivity index (χ0v) is 8.40. The van der Waals surface area contributed by atoms with Gasteiger partial charge in [-0.3, -0.25) is 0 Å². The van der Waals surface area contributed by atoms with E-state index in [4.69, 9.17) is 11.6 Å². The minimum Gasteiger partial charge on any atom is -0.207 e. The van der Waals surface area contributed by atoms with Crippen LogP contribution in [0.2, 0.25) is 0 Å². The van der Waals surface area contributed by atoms with E-state index >= 15 is 0 Å². The third kappa shape index (κ3) is 1.63. The molecular weight excluding hydrogens is 206 g/mol. The lowest BCUT2D eigenvalue weighted by molar-refractivity contribution is 0.526. The van der Waals surface area contributed by atoms with Crippen LogP contribution in [-0.2, 0) is 0 Å². The molecule has 0 N–H and O–H groups in total. The van der Waals surface area contributed by atoms with Crippen molar-refractivity contribution in [2.45, 2.75) is 30.6 Å². The van der Waals surface area contributed by atoms with E-state index in [2.05, 4.69) is 0 Å². The van der Waals surface area contributed by atoms with Gasteiger partial charge in [0.1, 0.15) is 11.6 Å². The van der Waals surface area contributed by atoms with Crippen LogP contribution in [0.5, 0.6) is 0 Å². The maximum absolute atomic E-state index is 13.4. The summed E-state index contributed by atoms with van der Waals surface area (Å²) in [5.74, 6) is -1.09. The second kappa shape index (κ2) is 3.85. The molecule has 76 valence electrons. The summed E-state index contributed by atoms with van der Waals surface area (Å²) < 4.78 is 26.8. The summed E-state index contributed by atoms with van der Waals surface area (Å²) in [6, 6.07) is 3.97. The molecule has 0 heterocycles. The minimum absolute atomic E-state index is 0.124. The summed E-state index contributed by atoms with van der Waals surface area (Å²) >= 11 is 6.02. The Morgan fingerprint density at radius 3 is 2.29 bits per heavy atom. The molecule has 1 aliphatic carbocycles. The van der Waals surface area contributed by atoms with Gasteiger partial charge in [0.05, 0.1) is 0 Å². The molecule has 1 saturated carbocycles. The Morgan fingerprint density at radius 2 is 1.79 bits per heavy atom. The van der Waals surface area contributed by atoms with Crippen LogP contribution in [0.3, 0.4) is 0 Å². The van der Waals surface area contributed by atoms with E-state index in [1.165, 1.54) is 18.2 Å². The standard InChI is InChI=1S/C11H11ClF2/c12-8-4-1-3-7(8)11-9(13)5-2-6-10(11)14/h2,5-8H,1,3-4H2.